The SMILES string of the molecule is CCCCCC(CC)OC(=O)CCCCCCCCN(CCCCCCCCC(=O)OC(CC)CCCCC)CCCCNC(=O)OC(C)(C)C. The van der Waals surface area contributed by atoms with Crippen LogP contribution >= 0.6 is 0 Å². The van der Waals surface area contributed by atoms with E-state index in [1.54, 1.807) is 0 Å². The van der Waals surface area contributed by atoms with Crippen LogP contribution in [0.15, 0.2) is 0 Å². The van der Waals surface area contributed by atoms with E-state index in [0.717, 1.165) is 96.7 Å². The zero-order chi connectivity index (χ0) is 38.0. The molecule has 0 saturated heterocycles. The fraction of sp³-hybridized carbons (Fsp3) is 0.930. The minimum absolute atomic E-state index is 0.0198. The highest BCUT2D eigenvalue weighted by Gasteiger charge is 2.16. The molecular formula is C43H84N2O6. The monoisotopic (exact) mass is 725 g/mol. The topological polar surface area (TPSA) is 94.2 Å². The molecule has 8 heteroatoms. The summed E-state index contributed by atoms with van der Waals surface area (Å²) in [7, 11) is 0. The Kier molecular flexibility index (Phi) is 32.8. The van der Waals surface area contributed by atoms with Crippen LogP contribution in [-0.2, 0) is 23.8 Å². The minimum Gasteiger partial charge on any atom is -0.462 e. The fourth-order valence-electron chi connectivity index (χ4n) is 6.35. The number of ether oxygens (including phenoxy) is 3. The van der Waals surface area contributed by atoms with Gasteiger partial charge in [-0.2, -0.15) is 0 Å². The van der Waals surface area contributed by atoms with E-state index < -0.39 is 5.60 Å². The summed E-state index contributed by atoms with van der Waals surface area (Å²) in [6, 6.07) is 0. The van der Waals surface area contributed by atoms with Gasteiger partial charge < -0.3 is 24.4 Å². The number of nitrogens with one attached hydrogen (secondary N) is 1. The van der Waals surface area contributed by atoms with Crippen LogP contribution < -0.4 is 5.32 Å². The Labute approximate surface area is 315 Å². The Balaban J connectivity index is 4.32. The van der Waals surface area contributed by atoms with Gasteiger partial charge >= 0.3 is 18.0 Å². The zero-order valence-electron chi connectivity index (χ0n) is 34.8. The molecule has 2 atom stereocenters. The molecule has 0 spiro atoms. The summed E-state index contributed by atoms with van der Waals surface area (Å²) in [6.07, 6.45) is 27.5. The lowest BCUT2D eigenvalue weighted by atomic mass is 10.1. The maximum absolute atomic E-state index is 12.3. The quantitative estimate of drug-likeness (QED) is 0.0395. The summed E-state index contributed by atoms with van der Waals surface area (Å²) in [6.45, 7) is 18.2. The van der Waals surface area contributed by atoms with Crippen molar-refractivity contribution in [3.05, 3.63) is 0 Å². The van der Waals surface area contributed by atoms with Crippen LogP contribution in [0.25, 0.3) is 0 Å². The first kappa shape index (κ1) is 49.2. The number of carbonyl (C=O) groups excluding carboxylic acids is 3. The lowest BCUT2D eigenvalue weighted by molar-refractivity contribution is -0.150. The molecule has 0 heterocycles. The van der Waals surface area contributed by atoms with Crippen LogP contribution in [0.2, 0.25) is 0 Å². The minimum atomic E-state index is -0.476. The lowest BCUT2D eigenvalue weighted by Gasteiger charge is -2.23. The Bertz CT molecular complexity index is 782. The van der Waals surface area contributed by atoms with Gasteiger partial charge in [-0.05, 0) is 117 Å². The highest BCUT2D eigenvalue weighted by Crippen LogP contribution is 2.16. The zero-order valence-corrected chi connectivity index (χ0v) is 34.8. The molecule has 0 aromatic rings. The molecule has 0 bridgehead atoms. The molecule has 0 aromatic carbocycles. The predicted octanol–water partition coefficient (Wildman–Crippen LogP) is 11.9. The van der Waals surface area contributed by atoms with Gasteiger partial charge in [0.1, 0.15) is 17.8 Å². The summed E-state index contributed by atoms with van der Waals surface area (Å²) in [5.74, 6) is -0.0397. The number of amides is 1. The molecular weight excluding hydrogens is 640 g/mol. The molecule has 0 aliphatic carbocycles. The first-order valence-electron chi connectivity index (χ1n) is 21.6. The Hall–Kier alpha value is -1.83. The van der Waals surface area contributed by atoms with Gasteiger partial charge in [0, 0.05) is 19.4 Å². The first-order chi connectivity index (χ1) is 24.5. The van der Waals surface area contributed by atoms with Crippen LogP contribution in [0.3, 0.4) is 0 Å². The fourth-order valence-corrected chi connectivity index (χ4v) is 6.35. The standard InChI is InChI=1S/C43H84N2O6/c1-8-12-22-30-38(10-3)49-40(46)32-24-18-14-16-20-27-35-45(37-29-26-34-44-42(48)51-43(5,6)7)36-28-21-17-15-19-25-33-41(47)50-39(11-4)31-23-13-9-2/h38-39H,8-37H2,1-7H3,(H,44,48). The van der Waals surface area contributed by atoms with Gasteiger partial charge in [-0.3, -0.25) is 9.59 Å². The maximum Gasteiger partial charge on any atom is 0.407 e. The van der Waals surface area contributed by atoms with Crippen LogP contribution in [0.4, 0.5) is 4.79 Å². The number of hydrogen-bond acceptors (Lipinski definition) is 7. The van der Waals surface area contributed by atoms with Crippen molar-refractivity contribution in [1.82, 2.24) is 10.2 Å². The van der Waals surface area contributed by atoms with E-state index in [9.17, 15) is 14.4 Å². The van der Waals surface area contributed by atoms with Gasteiger partial charge in [0.25, 0.3) is 0 Å². The Morgan fingerprint density at radius 1 is 0.529 bits per heavy atom. The predicted molar refractivity (Wildman–Crippen MR) is 213 cm³/mol. The normalized spacial score (nSPS) is 12.9. The summed E-state index contributed by atoms with van der Waals surface area (Å²) in [4.78, 5) is 39.1. The maximum atomic E-state index is 12.3. The number of unbranched alkanes of at least 4 members (excludes halogenated alkanes) is 15. The van der Waals surface area contributed by atoms with E-state index in [1.807, 2.05) is 20.8 Å². The third kappa shape index (κ3) is 33.7. The van der Waals surface area contributed by atoms with Gasteiger partial charge in [0.15, 0.2) is 0 Å². The van der Waals surface area contributed by atoms with Crippen LogP contribution in [0.1, 0.15) is 215 Å². The van der Waals surface area contributed by atoms with Crippen LogP contribution in [-0.4, -0.2) is 66.9 Å². The molecule has 2 unspecified atom stereocenters. The van der Waals surface area contributed by atoms with Gasteiger partial charge in [-0.15, -0.1) is 0 Å². The molecule has 0 rings (SSSR count). The van der Waals surface area contributed by atoms with E-state index in [2.05, 4.69) is 37.9 Å². The highest BCUT2D eigenvalue weighted by molar-refractivity contribution is 5.69. The van der Waals surface area contributed by atoms with Crippen molar-refractivity contribution < 1.29 is 28.6 Å². The molecule has 0 aromatic heterocycles. The third-order valence-corrected chi connectivity index (χ3v) is 9.55. The van der Waals surface area contributed by atoms with E-state index in [1.165, 1.54) is 77.0 Å². The largest absolute Gasteiger partial charge is 0.462 e. The van der Waals surface area contributed by atoms with Crippen molar-refractivity contribution in [3.8, 4) is 0 Å². The second-order valence-corrected chi connectivity index (χ2v) is 15.8. The van der Waals surface area contributed by atoms with Crippen molar-refractivity contribution in [1.29, 1.82) is 0 Å². The molecule has 0 aliphatic heterocycles. The molecule has 0 aliphatic rings. The van der Waals surface area contributed by atoms with E-state index in [0.29, 0.717) is 19.4 Å². The average molecular weight is 725 g/mol. The number of alkyl carbamates (subject to hydrolysis) is 1. The van der Waals surface area contributed by atoms with Crippen LogP contribution in [0, 0.1) is 0 Å². The van der Waals surface area contributed by atoms with E-state index in [-0.39, 0.29) is 30.2 Å². The smallest absolute Gasteiger partial charge is 0.407 e. The summed E-state index contributed by atoms with van der Waals surface area (Å²) >= 11 is 0. The number of nitrogens with zero attached hydrogens (tertiary/aromatic N) is 1. The number of rotatable bonds is 35. The Morgan fingerprint density at radius 2 is 0.922 bits per heavy atom. The first-order valence-corrected chi connectivity index (χ1v) is 21.6. The molecule has 1 amide bonds. The van der Waals surface area contributed by atoms with Crippen molar-refractivity contribution in [2.75, 3.05) is 26.2 Å². The van der Waals surface area contributed by atoms with E-state index >= 15 is 0 Å². The van der Waals surface area contributed by atoms with Crippen LogP contribution in [0.5, 0.6) is 0 Å². The molecule has 302 valence electrons. The van der Waals surface area contributed by atoms with Crippen molar-refractivity contribution in [3.63, 3.8) is 0 Å². The number of esters is 2. The second-order valence-electron chi connectivity index (χ2n) is 15.8. The second kappa shape index (κ2) is 34.0. The van der Waals surface area contributed by atoms with Gasteiger partial charge in [-0.25, -0.2) is 4.79 Å². The highest BCUT2D eigenvalue weighted by atomic mass is 16.6. The Morgan fingerprint density at radius 3 is 1.31 bits per heavy atom. The average Bonchev–Trinajstić information content (AvgIpc) is 3.08. The van der Waals surface area contributed by atoms with Crippen molar-refractivity contribution in [2.24, 2.45) is 0 Å². The molecule has 0 radical (unpaired) electrons. The molecule has 8 nitrogen and oxygen atoms in total. The van der Waals surface area contributed by atoms with Crippen molar-refractivity contribution in [2.45, 2.75) is 233 Å². The molecule has 0 saturated carbocycles. The summed E-state index contributed by atoms with van der Waals surface area (Å²) in [5.41, 5.74) is -0.476. The number of carbonyl (C=O) groups is 3. The van der Waals surface area contributed by atoms with Gasteiger partial charge in [0.05, 0.1) is 0 Å². The van der Waals surface area contributed by atoms with E-state index in [4.69, 9.17) is 14.2 Å². The van der Waals surface area contributed by atoms with Crippen molar-refractivity contribution >= 4 is 18.0 Å². The molecule has 51 heavy (non-hydrogen) atoms. The molecule has 0 fully saturated rings. The lowest BCUT2D eigenvalue weighted by Crippen LogP contribution is -2.33. The molecule has 1 N–H and O–H groups in total. The number of hydrogen-bond donors (Lipinski definition) is 1. The third-order valence-electron chi connectivity index (χ3n) is 9.55. The summed E-state index contributed by atoms with van der Waals surface area (Å²) in [5, 5.41) is 2.89. The van der Waals surface area contributed by atoms with Gasteiger partial charge in [0.2, 0.25) is 0 Å². The summed E-state index contributed by atoms with van der Waals surface area (Å²) < 4.78 is 16.8. The van der Waals surface area contributed by atoms with Gasteiger partial charge in [-0.1, -0.05) is 105 Å².